The number of hydrogen-bond acceptors (Lipinski definition) is 3. The molecule has 0 aliphatic carbocycles. The summed E-state index contributed by atoms with van der Waals surface area (Å²) in [5, 5.41) is 17.6. The number of rotatable bonds is 3. The Morgan fingerprint density at radius 3 is 2.74 bits per heavy atom. The van der Waals surface area contributed by atoms with Crippen LogP contribution < -0.4 is 0 Å². The predicted octanol–water partition coefficient (Wildman–Crippen LogP) is 0.622. The molecule has 5 heteroatoms. The number of benzene rings is 1. The Balaban J connectivity index is 3.08. The van der Waals surface area contributed by atoms with E-state index < -0.39 is 17.8 Å². The van der Waals surface area contributed by atoms with Gasteiger partial charge in [-0.05, 0) is 25.1 Å². The van der Waals surface area contributed by atoms with Gasteiger partial charge in [0, 0.05) is 12.6 Å². The molecule has 0 saturated carbocycles. The molecule has 0 radical (unpaired) electrons. The van der Waals surface area contributed by atoms with E-state index in [1.54, 1.807) is 6.92 Å². The Kier molecular flexibility index (Phi) is 5.49. The van der Waals surface area contributed by atoms with Crippen molar-refractivity contribution in [3.63, 3.8) is 0 Å². The van der Waals surface area contributed by atoms with Crippen molar-refractivity contribution in [1.29, 1.82) is 0 Å². The van der Waals surface area contributed by atoms with E-state index in [0.717, 1.165) is 6.07 Å². The van der Waals surface area contributed by atoms with Gasteiger partial charge in [0.25, 0.3) is 5.91 Å². The number of halogens is 1. The molecular formula is C14H16FNO3. The van der Waals surface area contributed by atoms with Crippen LogP contribution in [-0.4, -0.2) is 47.3 Å². The standard InChI is InChI=1S/C14H16FNO3/c1-10(9-18)16(2)14(19)12-8-11(4-3-7-17)5-6-13(12)15/h5-6,8,10,17-18H,7,9H2,1-2H3. The molecule has 0 fully saturated rings. The molecule has 0 aromatic heterocycles. The van der Waals surface area contributed by atoms with Crippen molar-refractivity contribution in [3.8, 4) is 11.8 Å². The van der Waals surface area contributed by atoms with Crippen LogP contribution in [0.25, 0.3) is 0 Å². The normalized spacial score (nSPS) is 11.4. The predicted molar refractivity (Wildman–Crippen MR) is 69.0 cm³/mol. The molecule has 1 atom stereocenters. The maximum absolute atomic E-state index is 13.7. The highest BCUT2D eigenvalue weighted by atomic mass is 19.1. The smallest absolute Gasteiger partial charge is 0.256 e. The fourth-order valence-corrected chi connectivity index (χ4v) is 1.42. The van der Waals surface area contributed by atoms with Crippen molar-refractivity contribution >= 4 is 5.91 Å². The number of nitrogens with zero attached hydrogens (tertiary/aromatic N) is 1. The van der Waals surface area contributed by atoms with Crippen LogP contribution in [0.15, 0.2) is 18.2 Å². The molecule has 1 rings (SSSR count). The lowest BCUT2D eigenvalue weighted by atomic mass is 10.1. The number of carbonyl (C=O) groups excluding carboxylic acids is 1. The SMILES string of the molecule is CC(CO)N(C)C(=O)c1cc(C#CCO)ccc1F. The second-order valence-corrected chi connectivity index (χ2v) is 4.10. The maximum Gasteiger partial charge on any atom is 0.256 e. The van der Waals surface area contributed by atoms with Crippen LogP contribution in [0.5, 0.6) is 0 Å². The summed E-state index contributed by atoms with van der Waals surface area (Å²) < 4.78 is 13.7. The van der Waals surface area contributed by atoms with Crippen molar-refractivity contribution in [2.75, 3.05) is 20.3 Å². The van der Waals surface area contributed by atoms with E-state index in [1.165, 1.54) is 24.1 Å². The molecule has 0 aliphatic heterocycles. The zero-order valence-electron chi connectivity index (χ0n) is 10.9. The van der Waals surface area contributed by atoms with Crippen LogP contribution >= 0.6 is 0 Å². The van der Waals surface area contributed by atoms with E-state index in [2.05, 4.69) is 11.8 Å². The summed E-state index contributed by atoms with van der Waals surface area (Å²) in [5.41, 5.74) is 0.344. The van der Waals surface area contributed by atoms with Gasteiger partial charge in [-0.2, -0.15) is 0 Å². The molecule has 0 heterocycles. The number of likely N-dealkylation sites (N-methyl/N-ethyl adjacent to an activating group) is 1. The molecule has 1 aromatic carbocycles. The van der Waals surface area contributed by atoms with Gasteiger partial charge in [-0.15, -0.1) is 0 Å². The molecule has 2 N–H and O–H groups in total. The lowest BCUT2D eigenvalue weighted by Crippen LogP contribution is -2.37. The fourth-order valence-electron chi connectivity index (χ4n) is 1.42. The minimum absolute atomic E-state index is 0.104. The summed E-state index contributed by atoms with van der Waals surface area (Å²) in [6.45, 7) is 1.15. The first kappa shape index (κ1) is 15.2. The molecular weight excluding hydrogens is 249 g/mol. The van der Waals surface area contributed by atoms with Crippen molar-refractivity contribution < 1.29 is 19.4 Å². The van der Waals surface area contributed by atoms with E-state index in [4.69, 9.17) is 10.2 Å². The molecule has 4 nitrogen and oxygen atoms in total. The average Bonchev–Trinajstić information content (AvgIpc) is 2.43. The lowest BCUT2D eigenvalue weighted by molar-refractivity contribution is 0.0677. The molecule has 102 valence electrons. The van der Waals surface area contributed by atoms with Gasteiger partial charge in [0.1, 0.15) is 12.4 Å². The maximum atomic E-state index is 13.7. The summed E-state index contributed by atoms with van der Waals surface area (Å²) in [7, 11) is 1.49. The summed E-state index contributed by atoms with van der Waals surface area (Å²) in [6.07, 6.45) is 0. The Morgan fingerprint density at radius 1 is 1.47 bits per heavy atom. The molecule has 1 unspecified atom stereocenters. The fraction of sp³-hybridized carbons (Fsp3) is 0.357. The number of carbonyl (C=O) groups is 1. The Labute approximate surface area is 111 Å². The number of hydrogen-bond donors (Lipinski definition) is 2. The van der Waals surface area contributed by atoms with Crippen molar-refractivity contribution in [3.05, 3.63) is 35.1 Å². The van der Waals surface area contributed by atoms with Crippen LogP contribution in [0.2, 0.25) is 0 Å². The highest BCUT2D eigenvalue weighted by Gasteiger charge is 2.20. The van der Waals surface area contributed by atoms with E-state index in [-0.39, 0.29) is 18.8 Å². The van der Waals surface area contributed by atoms with Crippen LogP contribution in [0.1, 0.15) is 22.8 Å². The Hall–Kier alpha value is -1.90. The van der Waals surface area contributed by atoms with Crippen molar-refractivity contribution in [2.45, 2.75) is 13.0 Å². The third-order valence-corrected chi connectivity index (χ3v) is 2.75. The monoisotopic (exact) mass is 265 g/mol. The third-order valence-electron chi connectivity index (χ3n) is 2.75. The Bertz CT molecular complexity index is 519. The van der Waals surface area contributed by atoms with Gasteiger partial charge in [-0.1, -0.05) is 11.8 Å². The van der Waals surface area contributed by atoms with Gasteiger partial charge < -0.3 is 15.1 Å². The summed E-state index contributed by atoms with van der Waals surface area (Å²) >= 11 is 0. The second kappa shape index (κ2) is 6.88. The first-order valence-corrected chi connectivity index (χ1v) is 5.78. The third kappa shape index (κ3) is 3.78. The van der Waals surface area contributed by atoms with Gasteiger partial charge in [-0.25, -0.2) is 4.39 Å². The van der Waals surface area contributed by atoms with Crippen molar-refractivity contribution in [1.82, 2.24) is 4.90 Å². The number of aliphatic hydroxyl groups is 2. The van der Waals surface area contributed by atoms with Crippen LogP contribution in [0, 0.1) is 17.7 Å². The van der Waals surface area contributed by atoms with Crippen LogP contribution in [0.4, 0.5) is 4.39 Å². The molecule has 19 heavy (non-hydrogen) atoms. The zero-order chi connectivity index (χ0) is 14.4. The number of amides is 1. The molecule has 0 aliphatic rings. The zero-order valence-corrected chi connectivity index (χ0v) is 10.9. The first-order chi connectivity index (χ1) is 9.01. The number of aliphatic hydroxyl groups excluding tert-OH is 2. The summed E-state index contributed by atoms with van der Waals surface area (Å²) in [4.78, 5) is 13.3. The van der Waals surface area contributed by atoms with E-state index in [9.17, 15) is 9.18 Å². The molecule has 0 bridgehead atoms. The first-order valence-electron chi connectivity index (χ1n) is 5.78. The van der Waals surface area contributed by atoms with Crippen LogP contribution in [0.3, 0.4) is 0 Å². The lowest BCUT2D eigenvalue weighted by Gasteiger charge is -2.23. The van der Waals surface area contributed by atoms with E-state index in [0.29, 0.717) is 5.56 Å². The van der Waals surface area contributed by atoms with Gasteiger partial charge in [-0.3, -0.25) is 4.79 Å². The van der Waals surface area contributed by atoms with Gasteiger partial charge in [0.05, 0.1) is 18.2 Å². The van der Waals surface area contributed by atoms with Gasteiger partial charge >= 0.3 is 0 Å². The quantitative estimate of drug-likeness (QED) is 0.788. The van der Waals surface area contributed by atoms with Gasteiger partial charge in [0.15, 0.2) is 0 Å². The largest absolute Gasteiger partial charge is 0.394 e. The Morgan fingerprint density at radius 2 is 2.16 bits per heavy atom. The van der Waals surface area contributed by atoms with E-state index >= 15 is 0 Å². The van der Waals surface area contributed by atoms with E-state index in [1.807, 2.05) is 0 Å². The topological polar surface area (TPSA) is 60.8 Å². The minimum atomic E-state index is -0.642. The molecule has 1 aromatic rings. The summed E-state index contributed by atoms with van der Waals surface area (Å²) in [6, 6.07) is 3.52. The second-order valence-electron chi connectivity index (χ2n) is 4.10. The van der Waals surface area contributed by atoms with Crippen LogP contribution in [-0.2, 0) is 0 Å². The van der Waals surface area contributed by atoms with Crippen molar-refractivity contribution in [2.24, 2.45) is 0 Å². The molecule has 0 saturated heterocycles. The molecule has 1 amide bonds. The molecule has 0 spiro atoms. The highest BCUT2D eigenvalue weighted by molar-refractivity contribution is 5.94. The van der Waals surface area contributed by atoms with Gasteiger partial charge in [0.2, 0.25) is 0 Å². The average molecular weight is 265 g/mol. The minimum Gasteiger partial charge on any atom is -0.394 e. The highest BCUT2D eigenvalue weighted by Crippen LogP contribution is 2.13. The summed E-state index contributed by atoms with van der Waals surface area (Å²) in [5.74, 6) is 3.88.